The summed E-state index contributed by atoms with van der Waals surface area (Å²) in [5.74, 6) is -1.53. The third-order valence-corrected chi connectivity index (χ3v) is 6.48. The number of carbonyl (C=O) groups excluding carboxylic acids is 3. The fourth-order valence-electron chi connectivity index (χ4n) is 2.94. The molecule has 0 aromatic heterocycles. The Morgan fingerprint density at radius 2 is 1.86 bits per heavy atom. The average Bonchev–Trinajstić information content (AvgIpc) is 3.03. The number of para-hydroxylation sites is 1. The third kappa shape index (κ3) is 6.74. The van der Waals surface area contributed by atoms with Gasteiger partial charge in [-0.05, 0) is 24.5 Å². The van der Waals surface area contributed by atoms with Crippen molar-refractivity contribution in [1.29, 1.82) is 0 Å². The molecule has 1 aliphatic heterocycles. The van der Waals surface area contributed by atoms with E-state index < -0.39 is 46.4 Å². The summed E-state index contributed by atoms with van der Waals surface area (Å²) in [5, 5.41) is 5.17. The van der Waals surface area contributed by atoms with Gasteiger partial charge in [0.05, 0.1) is 11.5 Å². The van der Waals surface area contributed by atoms with Gasteiger partial charge in [0.15, 0.2) is 16.4 Å². The van der Waals surface area contributed by atoms with Crippen molar-refractivity contribution in [3.63, 3.8) is 0 Å². The summed E-state index contributed by atoms with van der Waals surface area (Å²) in [7, 11) is -1.63. The van der Waals surface area contributed by atoms with Crippen molar-refractivity contribution in [1.82, 2.24) is 10.2 Å². The lowest BCUT2D eigenvalue weighted by Crippen LogP contribution is -2.48. The molecule has 0 bridgehead atoms. The van der Waals surface area contributed by atoms with E-state index in [0.29, 0.717) is 12.1 Å². The monoisotopic (exact) mass is 425 g/mol. The van der Waals surface area contributed by atoms with Gasteiger partial charge >= 0.3 is 12.0 Å². The molecule has 3 amide bonds. The predicted molar refractivity (Wildman–Crippen MR) is 108 cm³/mol. The van der Waals surface area contributed by atoms with E-state index in [1.54, 1.807) is 38.1 Å². The molecule has 2 rings (SSSR count). The number of hydrogen-bond acceptors (Lipinski definition) is 6. The third-order valence-electron chi connectivity index (χ3n) is 4.73. The number of esters is 1. The van der Waals surface area contributed by atoms with Gasteiger partial charge in [-0.1, -0.05) is 32.0 Å². The number of anilines is 1. The van der Waals surface area contributed by atoms with Gasteiger partial charge in [-0.2, -0.15) is 0 Å². The lowest BCUT2D eigenvalue weighted by atomic mass is 10.1. The van der Waals surface area contributed by atoms with Gasteiger partial charge in [0.2, 0.25) is 0 Å². The first-order chi connectivity index (χ1) is 13.6. The number of nitrogens with one attached hydrogen (secondary N) is 2. The van der Waals surface area contributed by atoms with Gasteiger partial charge in [0, 0.05) is 18.8 Å². The number of ether oxygens (including phenoxy) is 1. The molecule has 29 heavy (non-hydrogen) atoms. The number of likely N-dealkylation sites (N-methyl/N-ethyl adjacent to an activating group) is 1. The first kappa shape index (κ1) is 22.7. The maximum atomic E-state index is 12.4. The van der Waals surface area contributed by atoms with Gasteiger partial charge in [-0.3, -0.25) is 4.79 Å². The second-order valence-electron chi connectivity index (χ2n) is 7.36. The summed E-state index contributed by atoms with van der Waals surface area (Å²) in [4.78, 5) is 38.1. The maximum absolute atomic E-state index is 12.4. The highest BCUT2D eigenvalue weighted by atomic mass is 32.2. The van der Waals surface area contributed by atoms with Crippen LogP contribution >= 0.6 is 0 Å². The van der Waals surface area contributed by atoms with E-state index in [2.05, 4.69) is 10.6 Å². The smallest absolute Gasteiger partial charge is 0.329 e. The summed E-state index contributed by atoms with van der Waals surface area (Å²) in [6.45, 7) is 2.97. The standard InChI is InChI=1S/C19H27N3O6S/c1-13(2)17(21-19(25)20-14-7-5-4-6-8-14)18(24)28-11-16(23)22(3)15-9-10-29(26,27)12-15/h4-8,13,15,17H,9-12H2,1-3H3,(H2,20,21,25)/t15-,17-/m1/s1. The molecule has 1 aromatic carbocycles. The molecule has 2 N–H and O–H groups in total. The minimum atomic E-state index is -3.13. The van der Waals surface area contributed by atoms with Crippen molar-refractivity contribution in [2.45, 2.75) is 32.4 Å². The summed E-state index contributed by atoms with van der Waals surface area (Å²) >= 11 is 0. The molecule has 0 aliphatic carbocycles. The Hall–Kier alpha value is -2.62. The van der Waals surface area contributed by atoms with Crippen LogP contribution in [-0.4, -0.2) is 68.5 Å². The zero-order valence-electron chi connectivity index (χ0n) is 16.8. The van der Waals surface area contributed by atoms with Gasteiger partial charge in [-0.25, -0.2) is 18.0 Å². The molecule has 2 atom stereocenters. The first-order valence-electron chi connectivity index (χ1n) is 9.34. The Bertz CT molecular complexity index is 841. The maximum Gasteiger partial charge on any atom is 0.329 e. The molecule has 0 radical (unpaired) electrons. The lowest BCUT2D eigenvalue weighted by Gasteiger charge is -2.24. The van der Waals surface area contributed by atoms with Crippen LogP contribution in [0, 0.1) is 5.92 Å². The molecule has 0 unspecified atom stereocenters. The van der Waals surface area contributed by atoms with E-state index >= 15 is 0 Å². The Kier molecular flexibility index (Phi) is 7.60. The molecule has 10 heteroatoms. The van der Waals surface area contributed by atoms with E-state index in [1.807, 2.05) is 6.07 Å². The van der Waals surface area contributed by atoms with Crippen LogP contribution < -0.4 is 10.6 Å². The number of sulfone groups is 1. The first-order valence-corrected chi connectivity index (χ1v) is 11.2. The second-order valence-corrected chi connectivity index (χ2v) is 9.58. The molecule has 0 saturated carbocycles. The number of hydrogen-bond donors (Lipinski definition) is 2. The van der Waals surface area contributed by atoms with E-state index in [0.717, 1.165) is 0 Å². The fraction of sp³-hybridized carbons (Fsp3) is 0.526. The molecule has 1 heterocycles. The lowest BCUT2D eigenvalue weighted by molar-refractivity contribution is -0.154. The second kappa shape index (κ2) is 9.73. The van der Waals surface area contributed by atoms with Gasteiger partial charge in [0.1, 0.15) is 6.04 Å². The van der Waals surface area contributed by atoms with E-state index in [1.165, 1.54) is 11.9 Å². The SMILES string of the molecule is CC(C)[C@@H](NC(=O)Nc1ccccc1)C(=O)OCC(=O)N(C)[C@@H]1CCS(=O)(=O)C1. The fourth-order valence-corrected chi connectivity index (χ4v) is 4.71. The quantitative estimate of drug-likeness (QED) is 0.629. The molecular weight excluding hydrogens is 398 g/mol. The highest BCUT2D eigenvalue weighted by Gasteiger charge is 2.33. The summed E-state index contributed by atoms with van der Waals surface area (Å²) in [6.07, 6.45) is 0.369. The number of rotatable bonds is 7. The minimum absolute atomic E-state index is 0.0466. The van der Waals surface area contributed by atoms with Crippen molar-refractivity contribution in [3.05, 3.63) is 30.3 Å². The molecule has 160 valence electrons. The van der Waals surface area contributed by atoms with Crippen molar-refractivity contribution in [2.75, 3.05) is 30.5 Å². The van der Waals surface area contributed by atoms with Gasteiger partial charge < -0.3 is 20.3 Å². The zero-order valence-corrected chi connectivity index (χ0v) is 17.6. The van der Waals surface area contributed by atoms with Crippen LogP contribution in [0.1, 0.15) is 20.3 Å². The Morgan fingerprint density at radius 3 is 2.41 bits per heavy atom. The van der Waals surface area contributed by atoms with Crippen molar-refractivity contribution < 1.29 is 27.5 Å². The van der Waals surface area contributed by atoms with Crippen LogP contribution in [-0.2, 0) is 24.2 Å². The number of nitrogens with zero attached hydrogens (tertiary/aromatic N) is 1. The topological polar surface area (TPSA) is 122 Å². The molecule has 9 nitrogen and oxygen atoms in total. The van der Waals surface area contributed by atoms with Crippen LogP contribution in [0.5, 0.6) is 0 Å². The number of carbonyl (C=O) groups is 3. The van der Waals surface area contributed by atoms with E-state index in [4.69, 9.17) is 4.74 Å². The van der Waals surface area contributed by atoms with Crippen LogP contribution in [0.3, 0.4) is 0 Å². The van der Waals surface area contributed by atoms with Gasteiger partial charge in [0.25, 0.3) is 5.91 Å². The Balaban J connectivity index is 1.87. The minimum Gasteiger partial charge on any atom is -0.454 e. The largest absolute Gasteiger partial charge is 0.454 e. The van der Waals surface area contributed by atoms with Crippen molar-refractivity contribution >= 4 is 33.4 Å². The summed E-state index contributed by atoms with van der Waals surface area (Å²) in [6, 6.07) is 6.84. The number of urea groups is 1. The van der Waals surface area contributed by atoms with Gasteiger partial charge in [-0.15, -0.1) is 0 Å². The molecular formula is C19H27N3O6S. The van der Waals surface area contributed by atoms with E-state index in [9.17, 15) is 22.8 Å². The highest BCUT2D eigenvalue weighted by molar-refractivity contribution is 7.91. The van der Waals surface area contributed by atoms with Crippen LogP contribution in [0.4, 0.5) is 10.5 Å². The number of benzene rings is 1. The van der Waals surface area contributed by atoms with E-state index in [-0.39, 0.29) is 17.4 Å². The Labute approximate surface area is 170 Å². The summed E-state index contributed by atoms with van der Waals surface area (Å²) < 4.78 is 28.2. The molecule has 0 spiro atoms. The molecule has 1 aliphatic rings. The average molecular weight is 426 g/mol. The summed E-state index contributed by atoms with van der Waals surface area (Å²) in [5.41, 5.74) is 0.573. The molecule has 1 saturated heterocycles. The van der Waals surface area contributed by atoms with Crippen LogP contribution in [0.25, 0.3) is 0 Å². The Morgan fingerprint density at radius 1 is 1.21 bits per heavy atom. The van der Waals surface area contributed by atoms with Crippen LogP contribution in [0.2, 0.25) is 0 Å². The zero-order chi connectivity index (χ0) is 21.6. The predicted octanol–water partition coefficient (Wildman–Crippen LogP) is 1.02. The van der Waals surface area contributed by atoms with Crippen LogP contribution in [0.15, 0.2) is 30.3 Å². The molecule has 1 fully saturated rings. The normalized spacial score (nSPS) is 18.7. The molecule has 1 aromatic rings. The number of amides is 3. The van der Waals surface area contributed by atoms with Crippen molar-refractivity contribution in [2.24, 2.45) is 5.92 Å². The highest BCUT2D eigenvalue weighted by Crippen LogP contribution is 2.16. The van der Waals surface area contributed by atoms with Crippen molar-refractivity contribution in [3.8, 4) is 0 Å².